The van der Waals surface area contributed by atoms with Crippen LogP contribution in [0.5, 0.6) is 0 Å². The number of hydrogen-bond acceptors (Lipinski definition) is 4. The van der Waals surface area contributed by atoms with Crippen molar-refractivity contribution in [1.82, 2.24) is 10.3 Å². The lowest BCUT2D eigenvalue weighted by Gasteiger charge is -2.18. The molecule has 140 valence electrons. The molecule has 6 nitrogen and oxygen atoms in total. The van der Waals surface area contributed by atoms with Gasteiger partial charge in [-0.1, -0.05) is 36.8 Å². The van der Waals surface area contributed by atoms with Crippen molar-refractivity contribution in [2.45, 2.75) is 25.7 Å². The molecule has 6 heteroatoms. The van der Waals surface area contributed by atoms with E-state index in [4.69, 9.17) is 0 Å². The van der Waals surface area contributed by atoms with Gasteiger partial charge in [0.1, 0.15) is 6.54 Å². The van der Waals surface area contributed by atoms with Crippen molar-refractivity contribution >= 4 is 29.4 Å². The molecule has 1 fully saturated rings. The van der Waals surface area contributed by atoms with Gasteiger partial charge in [0.15, 0.2) is 0 Å². The summed E-state index contributed by atoms with van der Waals surface area (Å²) in [6.07, 6.45) is 5.02. The van der Waals surface area contributed by atoms with Gasteiger partial charge in [-0.05, 0) is 42.7 Å². The number of benzene rings is 2. The van der Waals surface area contributed by atoms with Crippen molar-refractivity contribution in [2.24, 2.45) is 5.10 Å². The molecule has 3 rings (SSSR count). The summed E-state index contributed by atoms with van der Waals surface area (Å²) in [6.45, 7) is 0.710. The van der Waals surface area contributed by atoms with Gasteiger partial charge in [-0.3, -0.25) is 9.59 Å². The predicted molar refractivity (Wildman–Crippen MR) is 107 cm³/mol. The molecule has 1 saturated heterocycles. The van der Waals surface area contributed by atoms with Gasteiger partial charge in [0.25, 0.3) is 5.91 Å². The van der Waals surface area contributed by atoms with E-state index in [1.807, 2.05) is 54.6 Å². The molecule has 2 N–H and O–H groups in total. The smallest absolute Gasteiger partial charge is 0.259 e. The highest BCUT2D eigenvalue weighted by atomic mass is 16.2. The quantitative estimate of drug-likeness (QED) is 0.610. The fourth-order valence-electron chi connectivity index (χ4n) is 2.93. The van der Waals surface area contributed by atoms with E-state index in [1.165, 1.54) is 0 Å². The third-order valence-corrected chi connectivity index (χ3v) is 4.38. The number of likely N-dealkylation sites (tertiary alicyclic amines) is 1. The van der Waals surface area contributed by atoms with E-state index in [-0.39, 0.29) is 18.4 Å². The first-order valence-electron chi connectivity index (χ1n) is 9.22. The average molecular weight is 364 g/mol. The molecule has 0 aromatic heterocycles. The Labute approximate surface area is 159 Å². The Bertz CT molecular complexity index is 788. The molecule has 0 radical (unpaired) electrons. The zero-order valence-corrected chi connectivity index (χ0v) is 15.2. The van der Waals surface area contributed by atoms with Crippen LogP contribution < -0.4 is 10.7 Å². The Hall–Kier alpha value is -3.15. The van der Waals surface area contributed by atoms with Gasteiger partial charge in [0, 0.05) is 24.3 Å². The van der Waals surface area contributed by atoms with Crippen LogP contribution in [0.15, 0.2) is 59.7 Å². The van der Waals surface area contributed by atoms with Crippen molar-refractivity contribution in [3.63, 3.8) is 0 Å². The Kier molecular flexibility index (Phi) is 6.57. The van der Waals surface area contributed by atoms with E-state index in [0.717, 1.165) is 36.2 Å². The molecule has 1 aliphatic rings. The minimum atomic E-state index is -0.274. The zero-order valence-electron chi connectivity index (χ0n) is 15.2. The number of amides is 2. The standard InChI is InChI=1S/C21H24N4O2/c26-20(16-25-14-6-2-5-9-21(25)27)24-22-15-17-10-12-19(13-11-17)23-18-7-3-1-4-8-18/h1,3-4,7-8,10-13,15,23H,2,5-6,9,14,16H2,(H,24,26)/b22-15-. The summed E-state index contributed by atoms with van der Waals surface area (Å²) in [5.74, 6) is -0.225. The van der Waals surface area contributed by atoms with Crippen LogP contribution >= 0.6 is 0 Å². The van der Waals surface area contributed by atoms with Crippen molar-refractivity contribution in [3.05, 3.63) is 60.2 Å². The Morgan fingerprint density at radius 3 is 2.52 bits per heavy atom. The lowest BCUT2D eigenvalue weighted by molar-refractivity contribution is -0.135. The summed E-state index contributed by atoms with van der Waals surface area (Å²) >= 11 is 0. The number of hydrogen-bond donors (Lipinski definition) is 2. The molecule has 0 unspecified atom stereocenters. The molecule has 0 bridgehead atoms. The predicted octanol–water partition coefficient (Wildman–Crippen LogP) is 3.28. The third-order valence-electron chi connectivity index (χ3n) is 4.38. The van der Waals surface area contributed by atoms with Crippen LogP contribution in [0.2, 0.25) is 0 Å². The van der Waals surface area contributed by atoms with Gasteiger partial charge >= 0.3 is 0 Å². The Morgan fingerprint density at radius 1 is 1.00 bits per heavy atom. The third kappa shape index (κ3) is 5.95. The molecular formula is C21H24N4O2. The minimum absolute atomic E-state index is 0.0492. The van der Waals surface area contributed by atoms with Gasteiger partial charge < -0.3 is 10.2 Å². The second-order valence-electron chi connectivity index (χ2n) is 6.53. The molecule has 0 spiro atoms. The van der Waals surface area contributed by atoms with Crippen molar-refractivity contribution in [1.29, 1.82) is 0 Å². The fraction of sp³-hybridized carbons (Fsp3) is 0.286. The highest BCUT2D eigenvalue weighted by molar-refractivity contribution is 5.86. The highest BCUT2D eigenvalue weighted by Crippen LogP contribution is 2.16. The van der Waals surface area contributed by atoms with E-state index in [1.54, 1.807) is 11.1 Å². The van der Waals surface area contributed by atoms with E-state index < -0.39 is 0 Å². The van der Waals surface area contributed by atoms with Gasteiger partial charge in [0.2, 0.25) is 5.91 Å². The molecule has 1 heterocycles. The lowest BCUT2D eigenvalue weighted by Crippen LogP contribution is -2.39. The van der Waals surface area contributed by atoms with Crippen LogP contribution in [0.4, 0.5) is 11.4 Å². The van der Waals surface area contributed by atoms with E-state index >= 15 is 0 Å². The van der Waals surface area contributed by atoms with Crippen molar-refractivity contribution < 1.29 is 9.59 Å². The Balaban J connectivity index is 1.47. The Morgan fingerprint density at radius 2 is 1.74 bits per heavy atom. The summed E-state index contributed by atoms with van der Waals surface area (Å²) in [6, 6.07) is 17.7. The van der Waals surface area contributed by atoms with Gasteiger partial charge in [0.05, 0.1) is 6.21 Å². The van der Waals surface area contributed by atoms with Crippen LogP contribution in [-0.2, 0) is 9.59 Å². The van der Waals surface area contributed by atoms with Gasteiger partial charge in [-0.2, -0.15) is 5.10 Å². The molecule has 27 heavy (non-hydrogen) atoms. The van der Waals surface area contributed by atoms with Crippen LogP contribution in [0, 0.1) is 0 Å². The molecule has 0 saturated carbocycles. The van der Waals surface area contributed by atoms with Gasteiger partial charge in [-0.15, -0.1) is 0 Å². The molecular weight excluding hydrogens is 340 g/mol. The maximum absolute atomic E-state index is 12.0. The number of carbonyl (C=O) groups is 2. The normalized spacial score (nSPS) is 14.8. The van der Waals surface area contributed by atoms with Crippen LogP contribution in [-0.4, -0.2) is 36.0 Å². The van der Waals surface area contributed by atoms with Crippen molar-refractivity contribution in [3.8, 4) is 0 Å². The van der Waals surface area contributed by atoms with E-state index in [2.05, 4.69) is 15.8 Å². The summed E-state index contributed by atoms with van der Waals surface area (Å²) in [7, 11) is 0. The van der Waals surface area contributed by atoms with Crippen LogP contribution in [0.1, 0.15) is 31.2 Å². The maximum Gasteiger partial charge on any atom is 0.259 e. The second kappa shape index (κ2) is 9.52. The monoisotopic (exact) mass is 364 g/mol. The largest absolute Gasteiger partial charge is 0.356 e. The summed E-state index contributed by atoms with van der Waals surface area (Å²) in [5, 5.41) is 7.29. The first kappa shape index (κ1) is 18.6. The number of nitrogens with zero attached hydrogens (tertiary/aromatic N) is 2. The van der Waals surface area contributed by atoms with Crippen molar-refractivity contribution in [2.75, 3.05) is 18.4 Å². The second-order valence-corrected chi connectivity index (χ2v) is 6.53. The molecule has 2 amide bonds. The summed E-state index contributed by atoms with van der Waals surface area (Å²) in [5.41, 5.74) is 5.37. The number of carbonyl (C=O) groups excluding carboxylic acids is 2. The highest BCUT2D eigenvalue weighted by Gasteiger charge is 2.18. The summed E-state index contributed by atoms with van der Waals surface area (Å²) < 4.78 is 0. The van der Waals surface area contributed by atoms with Crippen LogP contribution in [0.3, 0.4) is 0 Å². The number of nitrogens with one attached hydrogen (secondary N) is 2. The zero-order chi connectivity index (χ0) is 18.9. The maximum atomic E-state index is 12.0. The van der Waals surface area contributed by atoms with Crippen LogP contribution in [0.25, 0.3) is 0 Å². The molecule has 0 atom stereocenters. The lowest BCUT2D eigenvalue weighted by atomic mass is 10.2. The summed E-state index contributed by atoms with van der Waals surface area (Å²) in [4.78, 5) is 25.5. The number of rotatable bonds is 6. The SMILES string of the molecule is O=C(CN1CCCCCC1=O)N/N=C\c1ccc(Nc2ccccc2)cc1. The van der Waals surface area contributed by atoms with E-state index in [9.17, 15) is 9.59 Å². The topological polar surface area (TPSA) is 73.8 Å². The first-order valence-corrected chi connectivity index (χ1v) is 9.22. The minimum Gasteiger partial charge on any atom is -0.356 e. The fourth-order valence-corrected chi connectivity index (χ4v) is 2.93. The number of hydrazone groups is 1. The first-order chi connectivity index (χ1) is 13.2. The number of anilines is 2. The molecule has 2 aromatic carbocycles. The average Bonchev–Trinajstić information content (AvgIpc) is 2.88. The van der Waals surface area contributed by atoms with Gasteiger partial charge in [-0.25, -0.2) is 5.43 Å². The molecule has 0 aliphatic carbocycles. The molecule has 2 aromatic rings. The number of para-hydroxylation sites is 1. The van der Waals surface area contributed by atoms with E-state index in [0.29, 0.717) is 13.0 Å². The molecule has 1 aliphatic heterocycles.